The van der Waals surface area contributed by atoms with Crippen molar-refractivity contribution in [1.82, 2.24) is 15.4 Å². The van der Waals surface area contributed by atoms with Crippen molar-refractivity contribution in [3.63, 3.8) is 0 Å². The minimum Gasteiger partial charge on any atom is -0.372 e. The molecule has 0 spiro atoms. The van der Waals surface area contributed by atoms with E-state index in [1.54, 1.807) is 24.3 Å². The normalized spacial score (nSPS) is 15.2. The van der Waals surface area contributed by atoms with Gasteiger partial charge in [0.1, 0.15) is 0 Å². The van der Waals surface area contributed by atoms with E-state index in [1.165, 1.54) is 31.1 Å². The average Bonchev–Trinajstić information content (AvgIpc) is 3.33. The number of nitrogens with zero attached hydrogens (tertiary/aromatic N) is 2. The Bertz CT molecular complexity index is 990. The molecule has 1 heterocycles. The second-order valence-electron chi connectivity index (χ2n) is 7.70. The number of nitrogens with one attached hydrogen (secondary N) is 3. The Hall–Kier alpha value is -1.85. The largest absolute Gasteiger partial charge is 0.372 e. The van der Waals surface area contributed by atoms with E-state index in [9.17, 15) is 8.42 Å². The molecule has 1 aliphatic rings. The molecule has 1 aliphatic heterocycles. The van der Waals surface area contributed by atoms with Crippen LogP contribution in [0.1, 0.15) is 43.9 Å². The third-order valence-electron chi connectivity index (χ3n) is 5.46. The maximum Gasteiger partial charge on any atom is 0.240 e. The van der Waals surface area contributed by atoms with Gasteiger partial charge in [-0.05, 0) is 69.1 Å². The first-order valence-corrected chi connectivity index (χ1v) is 12.3. The Morgan fingerprint density at radius 3 is 2.44 bits per heavy atom. The quantitative estimate of drug-likeness (QED) is 0.256. The zero-order valence-electron chi connectivity index (χ0n) is 19.0. The van der Waals surface area contributed by atoms with Gasteiger partial charge in [-0.3, -0.25) is 0 Å². The lowest BCUT2D eigenvalue weighted by molar-refractivity contribution is 0.588. The van der Waals surface area contributed by atoms with Crippen molar-refractivity contribution in [3.8, 4) is 0 Å². The molecule has 1 atom stereocenters. The molecule has 9 heteroatoms. The van der Waals surface area contributed by atoms with E-state index in [2.05, 4.69) is 56.4 Å². The Kier molecular flexibility index (Phi) is 10.2. The van der Waals surface area contributed by atoms with Crippen molar-refractivity contribution in [2.75, 3.05) is 31.6 Å². The lowest BCUT2D eigenvalue weighted by Gasteiger charge is -2.22. The summed E-state index contributed by atoms with van der Waals surface area (Å²) in [5.74, 6) is 0.730. The van der Waals surface area contributed by atoms with Crippen molar-refractivity contribution in [1.29, 1.82) is 0 Å². The number of hydrogen-bond donors (Lipinski definition) is 3. The molecule has 0 radical (unpaired) electrons. The summed E-state index contributed by atoms with van der Waals surface area (Å²) in [6.45, 7) is 7.63. The van der Waals surface area contributed by atoms with Crippen LogP contribution in [0.4, 0.5) is 5.69 Å². The summed E-state index contributed by atoms with van der Waals surface area (Å²) in [7, 11) is -2.02. The van der Waals surface area contributed by atoms with Crippen molar-refractivity contribution in [2.24, 2.45) is 4.99 Å². The predicted octanol–water partition coefficient (Wildman–Crippen LogP) is 3.63. The summed E-state index contributed by atoms with van der Waals surface area (Å²) < 4.78 is 26.1. The number of halogens is 1. The highest BCUT2D eigenvalue weighted by molar-refractivity contribution is 14.0. The molecular formula is C23H34IN5O2S. The molecule has 3 N–H and O–H groups in total. The fourth-order valence-electron chi connectivity index (χ4n) is 3.64. The highest BCUT2D eigenvalue weighted by atomic mass is 127. The fraction of sp³-hybridized carbons (Fsp3) is 0.435. The molecule has 0 aliphatic carbocycles. The molecule has 176 valence electrons. The molecule has 2 aromatic carbocycles. The Morgan fingerprint density at radius 1 is 1.12 bits per heavy atom. The van der Waals surface area contributed by atoms with Crippen molar-refractivity contribution >= 4 is 45.6 Å². The summed E-state index contributed by atoms with van der Waals surface area (Å²) in [6, 6.07) is 15.6. The predicted molar refractivity (Wildman–Crippen MR) is 142 cm³/mol. The Labute approximate surface area is 209 Å². The van der Waals surface area contributed by atoms with Crippen LogP contribution in [-0.2, 0) is 16.6 Å². The van der Waals surface area contributed by atoms with Crippen LogP contribution < -0.4 is 20.3 Å². The number of hydrogen-bond acceptors (Lipinski definition) is 4. The summed E-state index contributed by atoms with van der Waals surface area (Å²) in [6.07, 6.45) is 2.52. The maximum atomic E-state index is 11.9. The Balaban J connectivity index is 0.00000363. The minimum atomic E-state index is -3.43. The van der Waals surface area contributed by atoms with Crippen molar-refractivity contribution in [2.45, 2.75) is 44.2 Å². The van der Waals surface area contributed by atoms with Gasteiger partial charge < -0.3 is 15.5 Å². The minimum absolute atomic E-state index is 0. The molecule has 0 bridgehead atoms. The molecular weight excluding hydrogens is 537 g/mol. The van der Waals surface area contributed by atoms with E-state index in [-0.39, 0.29) is 34.9 Å². The van der Waals surface area contributed by atoms with Gasteiger partial charge in [0.15, 0.2) is 5.96 Å². The Morgan fingerprint density at radius 2 is 1.81 bits per heavy atom. The van der Waals surface area contributed by atoms with Gasteiger partial charge in [0.25, 0.3) is 0 Å². The molecule has 2 aromatic rings. The lowest BCUT2D eigenvalue weighted by atomic mass is 10.1. The van der Waals surface area contributed by atoms with Gasteiger partial charge in [-0.15, -0.1) is 24.0 Å². The number of rotatable bonds is 8. The van der Waals surface area contributed by atoms with E-state index >= 15 is 0 Å². The molecule has 7 nitrogen and oxygen atoms in total. The molecule has 1 fully saturated rings. The average molecular weight is 572 g/mol. The molecule has 1 unspecified atom stereocenters. The fourth-order valence-corrected chi connectivity index (χ4v) is 4.37. The van der Waals surface area contributed by atoms with Crippen LogP contribution in [0.2, 0.25) is 0 Å². The van der Waals surface area contributed by atoms with Crippen LogP contribution in [0.5, 0.6) is 0 Å². The van der Waals surface area contributed by atoms with Crippen LogP contribution >= 0.6 is 24.0 Å². The van der Waals surface area contributed by atoms with Crippen molar-refractivity contribution in [3.05, 3.63) is 59.7 Å². The molecule has 0 aromatic heterocycles. The smallest absolute Gasteiger partial charge is 0.240 e. The zero-order valence-corrected chi connectivity index (χ0v) is 22.1. The van der Waals surface area contributed by atoms with Crippen LogP contribution in [0.3, 0.4) is 0 Å². The van der Waals surface area contributed by atoms with Gasteiger partial charge in [-0.2, -0.15) is 0 Å². The highest BCUT2D eigenvalue weighted by Crippen LogP contribution is 2.24. The molecule has 1 saturated heterocycles. The first-order valence-electron chi connectivity index (χ1n) is 10.8. The third kappa shape index (κ3) is 7.08. The van der Waals surface area contributed by atoms with Crippen molar-refractivity contribution < 1.29 is 8.42 Å². The van der Waals surface area contributed by atoms with Gasteiger partial charge in [0.05, 0.1) is 17.5 Å². The van der Waals surface area contributed by atoms with Crippen LogP contribution in [-0.4, -0.2) is 41.1 Å². The maximum absolute atomic E-state index is 11.9. The standard InChI is InChI=1S/C23H33N5O2S.HI/c1-4-25-23(26-17-19-10-12-22(13-11-19)31(29,30)24-3)27-18(2)20-8-7-9-21(16-20)28-14-5-6-15-28;/h7-13,16,18,24H,4-6,14-15,17H2,1-3H3,(H2,25,26,27);1H. The van der Waals surface area contributed by atoms with Gasteiger partial charge in [-0.25, -0.2) is 18.1 Å². The number of guanidine groups is 1. The third-order valence-corrected chi connectivity index (χ3v) is 6.89. The van der Waals surface area contributed by atoms with Gasteiger partial charge in [0.2, 0.25) is 10.0 Å². The SMILES string of the molecule is CCNC(=NCc1ccc(S(=O)(=O)NC)cc1)NC(C)c1cccc(N2CCCC2)c1.I. The second-order valence-corrected chi connectivity index (χ2v) is 9.59. The summed E-state index contributed by atoms with van der Waals surface area (Å²) >= 11 is 0. The highest BCUT2D eigenvalue weighted by Gasteiger charge is 2.15. The number of sulfonamides is 1. The van der Waals surface area contributed by atoms with Gasteiger partial charge in [0, 0.05) is 25.3 Å². The topological polar surface area (TPSA) is 85.8 Å². The van der Waals surface area contributed by atoms with E-state index in [0.29, 0.717) is 6.54 Å². The van der Waals surface area contributed by atoms with Crippen LogP contribution in [0, 0.1) is 0 Å². The summed E-state index contributed by atoms with van der Waals surface area (Å²) in [4.78, 5) is 7.37. The summed E-state index contributed by atoms with van der Waals surface area (Å²) in [5.41, 5.74) is 3.44. The second kappa shape index (κ2) is 12.4. The zero-order chi connectivity index (χ0) is 22.3. The monoisotopic (exact) mass is 571 g/mol. The van der Waals surface area contributed by atoms with Gasteiger partial charge in [-0.1, -0.05) is 24.3 Å². The van der Waals surface area contributed by atoms with Gasteiger partial charge >= 0.3 is 0 Å². The molecule has 32 heavy (non-hydrogen) atoms. The molecule has 0 saturated carbocycles. The lowest BCUT2D eigenvalue weighted by Crippen LogP contribution is -2.38. The van der Waals surface area contributed by atoms with E-state index in [4.69, 9.17) is 0 Å². The first kappa shape index (κ1) is 26.4. The van der Waals surface area contributed by atoms with Crippen LogP contribution in [0.25, 0.3) is 0 Å². The first-order chi connectivity index (χ1) is 14.9. The number of aliphatic imine (C=N–C) groups is 1. The summed E-state index contributed by atoms with van der Waals surface area (Å²) in [5, 5.41) is 6.77. The number of benzene rings is 2. The van der Waals surface area contributed by atoms with E-state index < -0.39 is 10.0 Å². The molecule has 3 rings (SSSR count). The van der Waals surface area contributed by atoms with E-state index in [1.807, 2.05) is 6.92 Å². The molecule has 0 amide bonds. The number of anilines is 1. The van der Waals surface area contributed by atoms with E-state index in [0.717, 1.165) is 31.2 Å². The van der Waals surface area contributed by atoms with Crippen LogP contribution in [0.15, 0.2) is 58.4 Å².